The molecule has 1 unspecified atom stereocenters. The number of anilines is 1. The summed E-state index contributed by atoms with van der Waals surface area (Å²) in [6.45, 7) is 4.41. The van der Waals surface area contributed by atoms with E-state index in [1.54, 1.807) is 6.07 Å². The number of aromatic nitrogens is 4. The number of piperidine rings is 1. The van der Waals surface area contributed by atoms with E-state index >= 15 is 0 Å². The maximum atomic E-state index is 13.2. The van der Waals surface area contributed by atoms with Crippen LogP contribution in [-0.2, 0) is 0 Å². The average molecular weight is 459 g/mol. The number of hydrogen-bond donors (Lipinski definition) is 0. The van der Waals surface area contributed by atoms with Gasteiger partial charge in [-0.2, -0.15) is 15.0 Å². The lowest BCUT2D eigenvalue weighted by molar-refractivity contribution is 0.0837. The fourth-order valence-electron chi connectivity index (χ4n) is 3.89. The number of hydrogen-bond acceptors (Lipinski definition) is 8. The van der Waals surface area contributed by atoms with Crippen molar-refractivity contribution in [2.45, 2.75) is 57.8 Å². The van der Waals surface area contributed by atoms with Crippen molar-refractivity contribution in [2.24, 2.45) is 5.92 Å². The molecule has 1 saturated carbocycles. The summed E-state index contributed by atoms with van der Waals surface area (Å²) in [5.41, 5.74) is 1.33. The van der Waals surface area contributed by atoms with E-state index in [-0.39, 0.29) is 48.8 Å². The lowest BCUT2D eigenvalue weighted by Crippen LogP contribution is -2.35. The molecule has 1 atom stereocenters. The minimum Gasteiger partial charge on any atom is -0.463 e. The molecule has 2 aromatic rings. The number of Topliss-reactive ketones (excluding diaryl/α,β-unsaturated/α-hetero) is 2. The molecule has 2 aliphatic rings. The smallest absolute Gasteiger partial charge is 0.321 e. The molecular formula is C23H27F2N5O3. The monoisotopic (exact) mass is 459 g/mol. The summed E-state index contributed by atoms with van der Waals surface area (Å²) in [6, 6.07) is 5.38. The highest BCUT2D eigenvalue weighted by Gasteiger charge is 2.57. The summed E-state index contributed by atoms with van der Waals surface area (Å²) in [5, 5.41) is 0. The van der Waals surface area contributed by atoms with Crippen LogP contribution in [0.1, 0.15) is 78.7 Å². The second kappa shape index (κ2) is 9.44. The molecule has 0 bridgehead atoms. The zero-order chi connectivity index (χ0) is 23.6. The van der Waals surface area contributed by atoms with Crippen molar-refractivity contribution in [1.82, 2.24) is 19.9 Å². The molecule has 0 N–H and O–H groups in total. The zero-order valence-electron chi connectivity index (χ0n) is 18.8. The fourth-order valence-corrected chi connectivity index (χ4v) is 3.89. The van der Waals surface area contributed by atoms with Gasteiger partial charge in [-0.1, -0.05) is 13.0 Å². The van der Waals surface area contributed by atoms with Gasteiger partial charge in [-0.15, -0.1) is 0 Å². The largest absolute Gasteiger partial charge is 0.463 e. The first kappa shape index (κ1) is 23.1. The first-order chi connectivity index (χ1) is 15.8. The van der Waals surface area contributed by atoms with Crippen LogP contribution in [0.2, 0.25) is 0 Å². The van der Waals surface area contributed by atoms with Gasteiger partial charge >= 0.3 is 6.01 Å². The number of alkyl halides is 2. The molecule has 4 rings (SSSR count). The van der Waals surface area contributed by atoms with E-state index < -0.39 is 11.8 Å². The van der Waals surface area contributed by atoms with Crippen LogP contribution in [0.15, 0.2) is 18.2 Å². The Hall–Kier alpha value is -3.04. The Morgan fingerprint density at radius 3 is 2.52 bits per heavy atom. The summed E-state index contributed by atoms with van der Waals surface area (Å²) in [4.78, 5) is 43.2. The minimum absolute atomic E-state index is 0.00245. The van der Waals surface area contributed by atoms with Crippen LogP contribution >= 0.6 is 0 Å². The topological polar surface area (TPSA) is 98.2 Å². The average Bonchev–Trinajstić information content (AvgIpc) is 3.44. The van der Waals surface area contributed by atoms with Crippen molar-refractivity contribution in [2.75, 3.05) is 24.6 Å². The highest BCUT2D eigenvalue weighted by Crippen LogP contribution is 2.48. The van der Waals surface area contributed by atoms with Gasteiger partial charge in [0.15, 0.2) is 11.6 Å². The summed E-state index contributed by atoms with van der Waals surface area (Å²) in [6.07, 6.45) is 2.25. The Labute approximate surface area is 190 Å². The molecule has 3 heterocycles. The molecule has 8 nitrogen and oxygen atoms in total. The number of carbonyl (C=O) groups is 2. The second-order valence-electron chi connectivity index (χ2n) is 8.65. The van der Waals surface area contributed by atoms with E-state index in [2.05, 4.69) is 19.9 Å². The van der Waals surface area contributed by atoms with Gasteiger partial charge in [0.25, 0.3) is 5.92 Å². The standard InChI is InChI=1S/C23H27F2N5O3/c1-3-5-19(32)20-27-21(29-22(28-20)33-13-16-12-23(16,24)25)30-10-8-15(9-11-30)18-7-4-6-17(26-18)14(2)31/h4,6-7,15-16H,3,5,8-13H2,1-2H3. The van der Waals surface area contributed by atoms with Gasteiger partial charge in [0.2, 0.25) is 11.8 Å². The Kier molecular flexibility index (Phi) is 6.62. The number of carbonyl (C=O) groups excluding carboxylic acids is 2. The van der Waals surface area contributed by atoms with Crippen LogP contribution < -0.4 is 9.64 Å². The quantitative estimate of drug-likeness (QED) is 0.521. The van der Waals surface area contributed by atoms with Crippen molar-refractivity contribution in [3.8, 4) is 6.01 Å². The van der Waals surface area contributed by atoms with E-state index in [0.717, 1.165) is 18.5 Å². The van der Waals surface area contributed by atoms with Crippen LogP contribution in [-0.4, -0.2) is 57.1 Å². The van der Waals surface area contributed by atoms with E-state index in [1.165, 1.54) is 6.92 Å². The predicted octanol–water partition coefficient (Wildman–Crippen LogP) is 3.87. The van der Waals surface area contributed by atoms with Crippen molar-refractivity contribution in [3.63, 3.8) is 0 Å². The van der Waals surface area contributed by atoms with E-state index in [1.807, 2.05) is 24.0 Å². The molecule has 1 aliphatic carbocycles. The highest BCUT2D eigenvalue weighted by atomic mass is 19.3. The summed E-state index contributed by atoms with van der Waals surface area (Å²) < 4.78 is 31.8. The van der Waals surface area contributed by atoms with Gasteiger partial charge in [-0.25, -0.2) is 13.8 Å². The Morgan fingerprint density at radius 2 is 1.88 bits per heavy atom. The Balaban J connectivity index is 1.47. The predicted molar refractivity (Wildman–Crippen MR) is 116 cm³/mol. The molecule has 33 heavy (non-hydrogen) atoms. The fraction of sp³-hybridized carbons (Fsp3) is 0.565. The highest BCUT2D eigenvalue weighted by molar-refractivity contribution is 5.92. The van der Waals surface area contributed by atoms with Crippen LogP contribution in [0.3, 0.4) is 0 Å². The van der Waals surface area contributed by atoms with E-state index in [0.29, 0.717) is 31.2 Å². The molecule has 0 spiro atoms. The third-order valence-electron chi connectivity index (χ3n) is 6.03. The number of ether oxygens (including phenoxy) is 1. The molecule has 2 aromatic heterocycles. The van der Waals surface area contributed by atoms with Crippen molar-refractivity contribution in [1.29, 1.82) is 0 Å². The van der Waals surface area contributed by atoms with Crippen LogP contribution in [0.5, 0.6) is 6.01 Å². The number of halogens is 2. The lowest BCUT2D eigenvalue weighted by atomic mass is 9.93. The van der Waals surface area contributed by atoms with Crippen molar-refractivity contribution < 1.29 is 23.1 Å². The number of nitrogens with zero attached hydrogens (tertiary/aromatic N) is 5. The van der Waals surface area contributed by atoms with Gasteiger partial charge in [0.05, 0.1) is 5.92 Å². The molecule has 176 valence electrons. The number of pyridine rings is 1. The molecule has 2 fully saturated rings. The van der Waals surface area contributed by atoms with Crippen LogP contribution in [0, 0.1) is 5.92 Å². The van der Waals surface area contributed by atoms with Crippen LogP contribution in [0.25, 0.3) is 0 Å². The van der Waals surface area contributed by atoms with Crippen molar-refractivity contribution >= 4 is 17.5 Å². The maximum absolute atomic E-state index is 13.2. The zero-order valence-corrected chi connectivity index (χ0v) is 18.8. The Morgan fingerprint density at radius 1 is 1.15 bits per heavy atom. The number of ketones is 2. The summed E-state index contributed by atoms with van der Waals surface area (Å²) in [7, 11) is 0. The molecule has 1 saturated heterocycles. The summed E-state index contributed by atoms with van der Waals surface area (Å²) in [5.74, 6) is -3.35. The molecular weight excluding hydrogens is 432 g/mol. The number of rotatable bonds is 9. The SMILES string of the molecule is CCCC(=O)c1nc(OCC2CC2(F)F)nc(N2CCC(c3cccc(C(C)=O)n3)CC2)n1. The first-order valence-corrected chi connectivity index (χ1v) is 11.3. The van der Waals surface area contributed by atoms with Gasteiger partial charge in [0, 0.05) is 44.5 Å². The normalized spacial score (nSPS) is 19.9. The van der Waals surface area contributed by atoms with E-state index in [9.17, 15) is 18.4 Å². The Bertz CT molecular complexity index is 1040. The van der Waals surface area contributed by atoms with Gasteiger partial charge in [-0.05, 0) is 31.4 Å². The minimum atomic E-state index is -2.70. The molecule has 0 aromatic carbocycles. The molecule has 0 radical (unpaired) electrons. The third-order valence-corrected chi connectivity index (χ3v) is 6.03. The van der Waals surface area contributed by atoms with Crippen LogP contribution in [0.4, 0.5) is 14.7 Å². The third kappa shape index (κ3) is 5.48. The second-order valence-corrected chi connectivity index (χ2v) is 8.65. The summed E-state index contributed by atoms with van der Waals surface area (Å²) >= 11 is 0. The lowest BCUT2D eigenvalue weighted by Gasteiger charge is -2.32. The first-order valence-electron chi connectivity index (χ1n) is 11.3. The van der Waals surface area contributed by atoms with Gasteiger partial charge in [-0.3, -0.25) is 9.59 Å². The molecule has 0 amide bonds. The van der Waals surface area contributed by atoms with Gasteiger partial charge in [0.1, 0.15) is 12.3 Å². The maximum Gasteiger partial charge on any atom is 0.321 e. The molecule has 1 aliphatic heterocycles. The molecule has 10 heteroatoms. The van der Waals surface area contributed by atoms with Crippen molar-refractivity contribution in [3.05, 3.63) is 35.4 Å². The van der Waals surface area contributed by atoms with Gasteiger partial charge < -0.3 is 9.64 Å². The van der Waals surface area contributed by atoms with E-state index in [4.69, 9.17) is 4.74 Å².